The molecule has 13 heavy (non-hydrogen) atoms. The number of hydrogen-bond donors (Lipinski definition) is 4. The van der Waals surface area contributed by atoms with Crippen molar-refractivity contribution in [1.29, 1.82) is 0 Å². The highest BCUT2D eigenvalue weighted by molar-refractivity contribution is 5.34. The highest BCUT2D eigenvalue weighted by atomic mass is 16.3. The molecule has 1 rings (SSSR count). The monoisotopic (exact) mass is 183 g/mol. The molecule has 0 fully saturated rings. The largest absolute Gasteiger partial charge is 0.508 e. The lowest BCUT2D eigenvalue weighted by Gasteiger charge is -2.16. The van der Waals surface area contributed by atoms with E-state index < -0.39 is 12.2 Å². The molecule has 0 spiro atoms. The molecule has 0 bridgehead atoms. The van der Waals surface area contributed by atoms with Crippen LogP contribution in [0.25, 0.3) is 0 Å². The highest BCUT2D eigenvalue weighted by Gasteiger charge is 2.19. The topological polar surface area (TPSA) is 86.7 Å². The van der Waals surface area contributed by atoms with Gasteiger partial charge >= 0.3 is 0 Å². The van der Waals surface area contributed by atoms with E-state index in [1.165, 1.54) is 6.07 Å². The first-order valence-electron chi connectivity index (χ1n) is 4.01. The van der Waals surface area contributed by atoms with E-state index in [2.05, 4.69) is 0 Å². The van der Waals surface area contributed by atoms with Crippen LogP contribution in [0.2, 0.25) is 0 Å². The van der Waals surface area contributed by atoms with Gasteiger partial charge in [-0.1, -0.05) is 18.2 Å². The minimum atomic E-state index is -1.13. The van der Waals surface area contributed by atoms with Crippen molar-refractivity contribution in [3.05, 3.63) is 29.8 Å². The molecule has 0 saturated carbocycles. The summed E-state index contributed by atoms with van der Waals surface area (Å²) >= 11 is 0. The van der Waals surface area contributed by atoms with Crippen LogP contribution in [-0.2, 0) is 0 Å². The lowest BCUT2D eigenvalue weighted by molar-refractivity contribution is 0.0229. The number of aliphatic hydroxyl groups is 2. The average Bonchev–Trinajstić information content (AvgIpc) is 2.16. The van der Waals surface area contributed by atoms with E-state index in [1.54, 1.807) is 18.2 Å². The van der Waals surface area contributed by atoms with Crippen LogP contribution in [0.15, 0.2) is 24.3 Å². The molecule has 0 heterocycles. The van der Waals surface area contributed by atoms with Gasteiger partial charge in [0.1, 0.15) is 11.9 Å². The Morgan fingerprint density at radius 1 is 1.23 bits per heavy atom. The van der Waals surface area contributed by atoms with Gasteiger partial charge in [0.15, 0.2) is 0 Å². The summed E-state index contributed by atoms with van der Waals surface area (Å²) in [4.78, 5) is 0. The Morgan fingerprint density at radius 3 is 2.38 bits per heavy atom. The number of aromatic hydroxyl groups is 1. The molecule has 1 aromatic rings. The zero-order valence-corrected chi connectivity index (χ0v) is 7.09. The molecule has 1 aromatic carbocycles. The first kappa shape index (κ1) is 9.98. The Labute approximate surface area is 76.2 Å². The van der Waals surface area contributed by atoms with Gasteiger partial charge in [-0.05, 0) is 6.07 Å². The van der Waals surface area contributed by atoms with Crippen LogP contribution in [0.4, 0.5) is 0 Å². The van der Waals surface area contributed by atoms with E-state index in [0.717, 1.165) is 0 Å². The molecule has 0 aliphatic carbocycles. The van der Waals surface area contributed by atoms with Gasteiger partial charge in [0.05, 0.1) is 6.10 Å². The van der Waals surface area contributed by atoms with Crippen molar-refractivity contribution < 1.29 is 15.3 Å². The Kier molecular flexibility index (Phi) is 3.25. The van der Waals surface area contributed by atoms with E-state index in [1.807, 2.05) is 0 Å². The van der Waals surface area contributed by atoms with Crippen LogP contribution in [0, 0.1) is 0 Å². The number of phenolic OH excluding ortho intramolecular Hbond substituents is 1. The first-order valence-corrected chi connectivity index (χ1v) is 4.01. The molecule has 72 valence electrons. The van der Waals surface area contributed by atoms with Crippen molar-refractivity contribution in [2.24, 2.45) is 5.73 Å². The average molecular weight is 183 g/mol. The number of rotatable bonds is 3. The molecule has 0 aliphatic rings. The maximum Gasteiger partial charge on any atom is 0.121 e. The predicted octanol–water partition coefficient (Wildman–Crippen LogP) is -0.255. The van der Waals surface area contributed by atoms with Crippen molar-refractivity contribution in [3.63, 3.8) is 0 Å². The molecule has 4 heteroatoms. The zero-order chi connectivity index (χ0) is 9.84. The highest BCUT2D eigenvalue weighted by Crippen LogP contribution is 2.25. The molecule has 0 amide bonds. The lowest BCUT2D eigenvalue weighted by Crippen LogP contribution is -2.27. The fraction of sp³-hybridized carbons (Fsp3) is 0.333. The van der Waals surface area contributed by atoms with Crippen LogP contribution >= 0.6 is 0 Å². The summed E-state index contributed by atoms with van der Waals surface area (Å²) in [5.41, 5.74) is 5.46. The minimum absolute atomic E-state index is 0.0394. The Balaban J connectivity index is 2.88. The maximum atomic E-state index is 9.48. The summed E-state index contributed by atoms with van der Waals surface area (Å²) in [6, 6.07) is 6.29. The Morgan fingerprint density at radius 2 is 1.85 bits per heavy atom. The molecule has 2 unspecified atom stereocenters. The third kappa shape index (κ3) is 2.18. The second-order valence-corrected chi connectivity index (χ2v) is 2.81. The fourth-order valence-corrected chi connectivity index (χ4v) is 1.07. The molecule has 2 atom stereocenters. The summed E-state index contributed by atoms with van der Waals surface area (Å²) in [5, 5.41) is 28.0. The van der Waals surface area contributed by atoms with Gasteiger partial charge in [0.2, 0.25) is 0 Å². The zero-order valence-electron chi connectivity index (χ0n) is 7.09. The summed E-state index contributed by atoms with van der Waals surface area (Å²) in [6.45, 7) is -0.0461. The molecular formula is C9H13NO3. The first-order chi connectivity index (χ1) is 6.16. The van der Waals surface area contributed by atoms with E-state index in [9.17, 15) is 15.3 Å². The lowest BCUT2D eigenvalue weighted by atomic mass is 10.0. The Hall–Kier alpha value is -1.10. The number of para-hydroxylation sites is 1. The predicted molar refractivity (Wildman–Crippen MR) is 48.1 cm³/mol. The van der Waals surface area contributed by atoms with Gasteiger partial charge in [-0.3, -0.25) is 0 Å². The van der Waals surface area contributed by atoms with Crippen molar-refractivity contribution in [2.75, 3.05) is 6.54 Å². The second-order valence-electron chi connectivity index (χ2n) is 2.81. The number of benzene rings is 1. The van der Waals surface area contributed by atoms with Gasteiger partial charge in [0, 0.05) is 12.1 Å². The smallest absolute Gasteiger partial charge is 0.121 e. The van der Waals surface area contributed by atoms with E-state index in [4.69, 9.17) is 5.73 Å². The van der Waals surface area contributed by atoms with Gasteiger partial charge in [-0.2, -0.15) is 0 Å². The number of phenols is 1. The van der Waals surface area contributed by atoms with E-state index in [0.29, 0.717) is 5.56 Å². The quantitative estimate of drug-likeness (QED) is 0.520. The molecule has 0 aliphatic heterocycles. The molecule has 0 aromatic heterocycles. The van der Waals surface area contributed by atoms with Crippen LogP contribution < -0.4 is 5.73 Å². The number of hydrogen-bond acceptors (Lipinski definition) is 4. The van der Waals surface area contributed by atoms with Crippen molar-refractivity contribution >= 4 is 0 Å². The number of nitrogens with two attached hydrogens (primary N) is 1. The fourth-order valence-electron chi connectivity index (χ4n) is 1.07. The van der Waals surface area contributed by atoms with Crippen LogP contribution in [0.5, 0.6) is 5.75 Å². The van der Waals surface area contributed by atoms with Crippen LogP contribution in [0.1, 0.15) is 11.7 Å². The molecular weight excluding hydrogens is 170 g/mol. The summed E-state index contributed by atoms with van der Waals surface area (Å²) in [7, 11) is 0. The second kappa shape index (κ2) is 4.23. The molecule has 4 nitrogen and oxygen atoms in total. The van der Waals surface area contributed by atoms with Crippen LogP contribution in [-0.4, -0.2) is 28.0 Å². The summed E-state index contributed by atoms with van der Waals surface area (Å²) in [6.07, 6.45) is -2.18. The summed E-state index contributed by atoms with van der Waals surface area (Å²) in [5.74, 6) is -0.0394. The normalized spacial score (nSPS) is 15.3. The van der Waals surface area contributed by atoms with Crippen LogP contribution in [0.3, 0.4) is 0 Å². The third-order valence-electron chi connectivity index (χ3n) is 1.86. The molecule has 0 radical (unpaired) electrons. The minimum Gasteiger partial charge on any atom is -0.508 e. The van der Waals surface area contributed by atoms with E-state index in [-0.39, 0.29) is 12.3 Å². The number of aliphatic hydroxyl groups excluding tert-OH is 2. The van der Waals surface area contributed by atoms with Gasteiger partial charge in [-0.25, -0.2) is 0 Å². The van der Waals surface area contributed by atoms with Gasteiger partial charge < -0.3 is 21.1 Å². The molecule has 5 N–H and O–H groups in total. The maximum absolute atomic E-state index is 9.48. The SMILES string of the molecule is NCC(O)C(O)c1ccccc1O. The summed E-state index contributed by atoms with van der Waals surface area (Å²) < 4.78 is 0. The third-order valence-corrected chi connectivity index (χ3v) is 1.86. The van der Waals surface area contributed by atoms with Crippen molar-refractivity contribution in [3.8, 4) is 5.75 Å². The van der Waals surface area contributed by atoms with Crippen molar-refractivity contribution in [2.45, 2.75) is 12.2 Å². The standard InChI is InChI=1S/C9H13NO3/c10-5-8(12)9(13)6-3-1-2-4-7(6)11/h1-4,8-9,11-13H,5,10H2. The van der Waals surface area contributed by atoms with Crippen molar-refractivity contribution in [1.82, 2.24) is 0 Å². The Bertz CT molecular complexity index is 277. The molecule has 0 saturated heterocycles. The van der Waals surface area contributed by atoms with Gasteiger partial charge in [-0.15, -0.1) is 0 Å². The van der Waals surface area contributed by atoms with Gasteiger partial charge in [0.25, 0.3) is 0 Å². The van der Waals surface area contributed by atoms with E-state index >= 15 is 0 Å².